The first kappa shape index (κ1) is 28.0. The van der Waals surface area contributed by atoms with Crippen molar-refractivity contribution < 1.29 is 18.0 Å². The molecule has 2 rings (SSSR count). The van der Waals surface area contributed by atoms with E-state index in [4.69, 9.17) is 23.2 Å². The Bertz CT molecular complexity index is 1120. The molecule has 0 saturated heterocycles. The number of hydrogen-bond acceptors (Lipinski definition) is 4. The Labute approximate surface area is 212 Å². The van der Waals surface area contributed by atoms with Gasteiger partial charge in [0.1, 0.15) is 12.6 Å². The zero-order valence-electron chi connectivity index (χ0n) is 19.8. The Kier molecular flexibility index (Phi) is 10.2. The van der Waals surface area contributed by atoms with E-state index < -0.39 is 28.5 Å². The molecule has 1 N–H and O–H groups in total. The topological polar surface area (TPSA) is 86.8 Å². The van der Waals surface area contributed by atoms with Gasteiger partial charge in [0.25, 0.3) is 0 Å². The molecular weight excluding hydrogens is 497 g/mol. The van der Waals surface area contributed by atoms with Crippen molar-refractivity contribution in [1.82, 2.24) is 10.2 Å². The van der Waals surface area contributed by atoms with Gasteiger partial charge in [-0.15, -0.1) is 0 Å². The monoisotopic (exact) mass is 527 g/mol. The molecule has 0 spiro atoms. The third kappa shape index (κ3) is 7.61. The summed E-state index contributed by atoms with van der Waals surface area (Å²) in [7, 11) is -3.81. The van der Waals surface area contributed by atoms with Crippen LogP contribution in [0.1, 0.15) is 37.8 Å². The number of amides is 2. The number of benzene rings is 2. The summed E-state index contributed by atoms with van der Waals surface area (Å²) in [5.74, 6) is -0.847. The van der Waals surface area contributed by atoms with Crippen molar-refractivity contribution in [2.45, 2.75) is 46.2 Å². The molecule has 186 valence electrons. The van der Waals surface area contributed by atoms with Crippen LogP contribution >= 0.6 is 23.2 Å². The van der Waals surface area contributed by atoms with Gasteiger partial charge >= 0.3 is 0 Å². The van der Waals surface area contributed by atoms with Gasteiger partial charge in [-0.05, 0) is 55.7 Å². The molecule has 0 aliphatic carbocycles. The van der Waals surface area contributed by atoms with Crippen LogP contribution < -0.4 is 9.62 Å². The van der Waals surface area contributed by atoms with Gasteiger partial charge in [0.2, 0.25) is 21.8 Å². The Morgan fingerprint density at radius 3 is 2.38 bits per heavy atom. The number of nitrogens with zero attached hydrogens (tertiary/aromatic N) is 2. The second-order valence-corrected chi connectivity index (χ2v) is 10.9. The van der Waals surface area contributed by atoms with Gasteiger partial charge in [-0.25, -0.2) is 8.42 Å². The maximum Gasteiger partial charge on any atom is 0.244 e. The van der Waals surface area contributed by atoms with E-state index in [0.29, 0.717) is 33.4 Å². The quantitative estimate of drug-likeness (QED) is 0.438. The first-order chi connectivity index (χ1) is 16.0. The highest BCUT2D eigenvalue weighted by Gasteiger charge is 2.30. The lowest BCUT2D eigenvalue weighted by Gasteiger charge is -2.32. The summed E-state index contributed by atoms with van der Waals surface area (Å²) < 4.78 is 26.3. The molecule has 0 bridgehead atoms. The zero-order chi connectivity index (χ0) is 25.5. The second kappa shape index (κ2) is 12.4. The van der Waals surface area contributed by atoms with Gasteiger partial charge < -0.3 is 10.2 Å². The third-order valence-electron chi connectivity index (χ3n) is 5.40. The van der Waals surface area contributed by atoms with E-state index in [1.807, 2.05) is 6.92 Å². The molecule has 0 heterocycles. The predicted octanol–water partition coefficient (Wildman–Crippen LogP) is 4.40. The number of aryl methyl sites for hydroxylation is 1. The molecule has 2 aromatic carbocycles. The van der Waals surface area contributed by atoms with E-state index in [-0.39, 0.29) is 12.5 Å². The number of halogens is 2. The lowest BCUT2D eigenvalue weighted by molar-refractivity contribution is -0.139. The van der Waals surface area contributed by atoms with Crippen LogP contribution in [0.25, 0.3) is 0 Å². The summed E-state index contributed by atoms with van der Waals surface area (Å²) in [5, 5.41) is 3.75. The highest BCUT2D eigenvalue weighted by molar-refractivity contribution is 7.92. The summed E-state index contributed by atoms with van der Waals surface area (Å²) in [4.78, 5) is 27.7. The number of anilines is 1. The minimum absolute atomic E-state index is 0.0536. The molecule has 10 heteroatoms. The lowest BCUT2D eigenvalue weighted by Crippen LogP contribution is -2.51. The van der Waals surface area contributed by atoms with Crippen LogP contribution in [0.15, 0.2) is 42.5 Å². The Balaban J connectivity index is 2.39. The molecule has 0 aliphatic rings. The fraction of sp³-hybridized carbons (Fsp3) is 0.417. The summed E-state index contributed by atoms with van der Waals surface area (Å²) in [6.45, 7) is 5.43. The number of sulfonamides is 1. The smallest absolute Gasteiger partial charge is 0.244 e. The van der Waals surface area contributed by atoms with Crippen LogP contribution in [0.2, 0.25) is 10.0 Å². The van der Waals surface area contributed by atoms with Crippen molar-refractivity contribution in [1.29, 1.82) is 0 Å². The molecule has 7 nitrogen and oxygen atoms in total. The zero-order valence-corrected chi connectivity index (χ0v) is 22.2. The van der Waals surface area contributed by atoms with Gasteiger partial charge in [0.05, 0.1) is 11.9 Å². The van der Waals surface area contributed by atoms with Gasteiger partial charge in [-0.3, -0.25) is 13.9 Å². The van der Waals surface area contributed by atoms with E-state index >= 15 is 0 Å². The molecule has 0 saturated carbocycles. The van der Waals surface area contributed by atoms with Gasteiger partial charge in [-0.2, -0.15) is 0 Å². The average molecular weight is 529 g/mol. The van der Waals surface area contributed by atoms with Crippen molar-refractivity contribution in [3.63, 3.8) is 0 Å². The maximum absolute atomic E-state index is 13.5. The Morgan fingerprint density at radius 2 is 1.79 bits per heavy atom. The van der Waals surface area contributed by atoms with Crippen molar-refractivity contribution in [2.24, 2.45) is 0 Å². The Hall–Kier alpha value is -2.29. The number of hydrogen-bond donors (Lipinski definition) is 1. The summed E-state index contributed by atoms with van der Waals surface area (Å²) in [6.07, 6.45) is 2.77. The summed E-state index contributed by atoms with van der Waals surface area (Å²) in [5.41, 5.74) is 1.60. The number of unbranched alkanes of at least 4 members (excludes halogenated alkanes) is 1. The Morgan fingerprint density at radius 1 is 1.12 bits per heavy atom. The van der Waals surface area contributed by atoms with Crippen LogP contribution in [0.5, 0.6) is 0 Å². The van der Waals surface area contributed by atoms with Crippen molar-refractivity contribution in [3.8, 4) is 0 Å². The predicted molar refractivity (Wildman–Crippen MR) is 138 cm³/mol. The molecule has 2 aromatic rings. The van der Waals surface area contributed by atoms with E-state index in [9.17, 15) is 18.0 Å². The maximum atomic E-state index is 13.5. The summed E-state index contributed by atoms with van der Waals surface area (Å²) in [6, 6.07) is 10.9. The molecule has 34 heavy (non-hydrogen) atoms. The first-order valence-corrected chi connectivity index (χ1v) is 13.6. The fourth-order valence-corrected chi connectivity index (χ4v) is 4.75. The fourth-order valence-electron chi connectivity index (χ4n) is 3.42. The lowest BCUT2D eigenvalue weighted by atomic mass is 10.1. The largest absolute Gasteiger partial charge is 0.354 e. The highest BCUT2D eigenvalue weighted by Crippen LogP contribution is 2.26. The minimum atomic E-state index is -3.81. The van der Waals surface area contributed by atoms with Crippen LogP contribution in [0, 0.1) is 6.92 Å². The molecule has 0 unspecified atom stereocenters. The van der Waals surface area contributed by atoms with Gasteiger partial charge in [0, 0.05) is 23.1 Å². The number of carbonyl (C=O) groups excluding carboxylic acids is 2. The molecule has 2 amide bonds. The van der Waals surface area contributed by atoms with E-state index in [2.05, 4.69) is 5.32 Å². The first-order valence-electron chi connectivity index (χ1n) is 11.0. The second-order valence-electron chi connectivity index (χ2n) is 8.13. The third-order valence-corrected chi connectivity index (χ3v) is 7.13. The normalized spacial score (nSPS) is 12.2. The van der Waals surface area contributed by atoms with Crippen molar-refractivity contribution in [2.75, 3.05) is 23.7 Å². The molecule has 0 radical (unpaired) electrons. The van der Waals surface area contributed by atoms with Crippen molar-refractivity contribution >= 4 is 50.7 Å². The SMILES string of the molecule is CCCCNC(=O)[C@H](C)N(Cc1ccccc1Cl)C(=O)CN(c1ccc(Cl)cc1C)S(C)(=O)=O. The highest BCUT2D eigenvalue weighted by atomic mass is 35.5. The molecular formula is C24H31Cl2N3O4S. The summed E-state index contributed by atoms with van der Waals surface area (Å²) >= 11 is 12.3. The van der Waals surface area contributed by atoms with Crippen LogP contribution in [0.4, 0.5) is 5.69 Å². The minimum Gasteiger partial charge on any atom is -0.354 e. The number of rotatable bonds is 11. The molecule has 0 fully saturated rings. The average Bonchev–Trinajstić information content (AvgIpc) is 2.76. The standard InChI is InChI=1S/C24H31Cl2N3O4S/c1-5-6-13-27-24(31)18(3)28(15-19-9-7-8-10-21(19)26)23(30)16-29(34(4,32)33)22-12-11-20(25)14-17(22)2/h7-12,14,18H,5-6,13,15-16H2,1-4H3,(H,27,31)/t18-/m0/s1. The molecule has 0 aliphatic heterocycles. The van der Waals surface area contributed by atoms with Crippen LogP contribution in [0.3, 0.4) is 0 Å². The van der Waals surface area contributed by atoms with Crippen LogP contribution in [-0.2, 0) is 26.2 Å². The number of carbonyl (C=O) groups is 2. The van der Waals surface area contributed by atoms with E-state index in [1.54, 1.807) is 56.3 Å². The van der Waals surface area contributed by atoms with Crippen LogP contribution in [-0.4, -0.2) is 50.5 Å². The van der Waals surface area contributed by atoms with Gasteiger partial charge in [-0.1, -0.05) is 54.7 Å². The number of nitrogens with one attached hydrogen (secondary N) is 1. The van der Waals surface area contributed by atoms with E-state index in [0.717, 1.165) is 23.4 Å². The molecule has 1 atom stereocenters. The molecule has 0 aromatic heterocycles. The van der Waals surface area contributed by atoms with E-state index in [1.165, 1.54) is 4.90 Å². The van der Waals surface area contributed by atoms with Crippen molar-refractivity contribution in [3.05, 3.63) is 63.6 Å². The van der Waals surface area contributed by atoms with Gasteiger partial charge in [0.15, 0.2) is 0 Å².